The highest BCUT2D eigenvalue weighted by Gasteiger charge is 2.66. The molecular formula is C17H26N4O3. The topological polar surface area (TPSA) is 88.3 Å². The molecule has 1 saturated heterocycles. The van der Waals surface area contributed by atoms with E-state index in [0.29, 0.717) is 25.0 Å². The molecule has 0 bridgehead atoms. The lowest BCUT2D eigenvalue weighted by atomic mass is 9.95. The minimum absolute atomic E-state index is 0.00354. The molecule has 24 heavy (non-hydrogen) atoms. The Labute approximate surface area is 142 Å². The summed E-state index contributed by atoms with van der Waals surface area (Å²) in [7, 11) is 0. The van der Waals surface area contributed by atoms with Gasteiger partial charge in [-0.3, -0.25) is 9.59 Å². The standard InChI is InChI=1S/C17H26N4O3/c1-10(2)21-9-18-19-14(21)11-5-7-20(8-6-11)15(22)12-13(16(23)24)17(12,3)4/h9-13H,5-8H2,1-4H3,(H,23,24)/t12-,13+/m0/s1. The Morgan fingerprint density at radius 1 is 1.25 bits per heavy atom. The highest BCUT2D eigenvalue weighted by molar-refractivity contribution is 5.91. The first-order chi connectivity index (χ1) is 11.2. The molecule has 3 rings (SSSR count). The average Bonchev–Trinajstić information content (AvgIpc) is 2.88. The van der Waals surface area contributed by atoms with Crippen LogP contribution in [0.1, 0.15) is 58.3 Å². The van der Waals surface area contributed by atoms with Gasteiger partial charge in [0.15, 0.2) is 0 Å². The van der Waals surface area contributed by atoms with Crippen molar-refractivity contribution in [1.82, 2.24) is 19.7 Å². The van der Waals surface area contributed by atoms with Gasteiger partial charge in [-0.1, -0.05) is 13.8 Å². The quantitative estimate of drug-likeness (QED) is 0.909. The van der Waals surface area contributed by atoms with Crippen LogP contribution in [-0.2, 0) is 9.59 Å². The van der Waals surface area contributed by atoms with E-state index in [4.69, 9.17) is 0 Å². The van der Waals surface area contributed by atoms with E-state index in [1.165, 1.54) is 0 Å². The Balaban J connectivity index is 1.63. The zero-order valence-corrected chi connectivity index (χ0v) is 14.8. The predicted octanol–water partition coefficient (Wildman–Crippen LogP) is 1.92. The monoisotopic (exact) mass is 334 g/mol. The lowest BCUT2D eigenvalue weighted by molar-refractivity contribution is -0.142. The minimum atomic E-state index is -0.863. The van der Waals surface area contributed by atoms with Crippen molar-refractivity contribution in [1.29, 1.82) is 0 Å². The number of rotatable bonds is 4. The summed E-state index contributed by atoms with van der Waals surface area (Å²) in [5.74, 6) is -0.499. The summed E-state index contributed by atoms with van der Waals surface area (Å²) in [6.45, 7) is 9.26. The van der Waals surface area contributed by atoms with Crippen molar-refractivity contribution in [2.75, 3.05) is 13.1 Å². The van der Waals surface area contributed by atoms with Crippen molar-refractivity contribution in [3.8, 4) is 0 Å². The number of likely N-dealkylation sites (tertiary alicyclic amines) is 1. The molecule has 2 aliphatic rings. The fraction of sp³-hybridized carbons (Fsp3) is 0.765. The third-order valence-electron chi connectivity index (χ3n) is 5.69. The van der Waals surface area contributed by atoms with Gasteiger partial charge in [0.2, 0.25) is 5.91 Å². The van der Waals surface area contributed by atoms with Gasteiger partial charge in [0.1, 0.15) is 12.2 Å². The molecule has 0 aromatic carbocycles. The summed E-state index contributed by atoms with van der Waals surface area (Å²) in [4.78, 5) is 25.8. The van der Waals surface area contributed by atoms with Gasteiger partial charge in [0.05, 0.1) is 11.8 Å². The van der Waals surface area contributed by atoms with E-state index in [1.807, 2.05) is 18.7 Å². The van der Waals surface area contributed by atoms with E-state index < -0.39 is 17.3 Å². The van der Waals surface area contributed by atoms with Crippen LogP contribution >= 0.6 is 0 Å². The number of carboxylic acids is 1. The van der Waals surface area contributed by atoms with Crippen LogP contribution in [0, 0.1) is 17.3 Å². The van der Waals surface area contributed by atoms with Gasteiger partial charge in [-0.05, 0) is 32.1 Å². The van der Waals surface area contributed by atoms with Gasteiger partial charge in [-0.2, -0.15) is 0 Å². The second kappa shape index (κ2) is 5.86. The molecule has 2 heterocycles. The summed E-state index contributed by atoms with van der Waals surface area (Å²) in [5, 5.41) is 17.6. The number of amides is 1. The SMILES string of the molecule is CC(C)n1cnnc1C1CCN(C(=O)[C@@H]2[C@H](C(=O)O)C2(C)C)CC1. The first-order valence-electron chi connectivity index (χ1n) is 8.66. The molecule has 1 aliphatic carbocycles. The van der Waals surface area contributed by atoms with E-state index in [0.717, 1.165) is 18.7 Å². The largest absolute Gasteiger partial charge is 0.481 e. The number of nitrogens with zero attached hydrogens (tertiary/aromatic N) is 4. The van der Waals surface area contributed by atoms with Crippen molar-refractivity contribution in [2.45, 2.75) is 52.5 Å². The first-order valence-corrected chi connectivity index (χ1v) is 8.66. The second-order valence-electron chi connectivity index (χ2n) is 7.90. The van der Waals surface area contributed by atoms with E-state index in [9.17, 15) is 14.7 Å². The molecule has 1 aliphatic heterocycles. The summed E-state index contributed by atoms with van der Waals surface area (Å²) >= 11 is 0. The van der Waals surface area contributed by atoms with Crippen LogP contribution in [0.2, 0.25) is 0 Å². The number of hydrogen-bond acceptors (Lipinski definition) is 4. The lowest BCUT2D eigenvalue weighted by Crippen LogP contribution is -2.40. The van der Waals surface area contributed by atoms with Crippen LogP contribution in [0.4, 0.5) is 0 Å². The maximum absolute atomic E-state index is 12.7. The van der Waals surface area contributed by atoms with E-state index in [1.54, 1.807) is 6.33 Å². The second-order valence-corrected chi connectivity index (χ2v) is 7.90. The summed E-state index contributed by atoms with van der Waals surface area (Å²) in [6.07, 6.45) is 3.46. The zero-order valence-electron chi connectivity index (χ0n) is 14.8. The summed E-state index contributed by atoms with van der Waals surface area (Å²) in [5.41, 5.74) is -0.433. The predicted molar refractivity (Wildman–Crippen MR) is 87.4 cm³/mol. The Hall–Kier alpha value is -1.92. The molecule has 1 amide bonds. The molecule has 1 saturated carbocycles. The van der Waals surface area contributed by atoms with Crippen LogP contribution < -0.4 is 0 Å². The van der Waals surface area contributed by atoms with Gasteiger partial charge < -0.3 is 14.6 Å². The fourth-order valence-electron chi connectivity index (χ4n) is 4.06. The molecule has 1 aromatic heterocycles. The molecule has 7 nitrogen and oxygen atoms in total. The molecule has 2 atom stereocenters. The molecular weight excluding hydrogens is 308 g/mol. The number of piperidine rings is 1. The van der Waals surface area contributed by atoms with Gasteiger partial charge >= 0.3 is 5.97 Å². The third kappa shape index (κ3) is 2.70. The number of carboxylic acid groups (broad SMARTS) is 1. The van der Waals surface area contributed by atoms with Crippen LogP contribution in [0.15, 0.2) is 6.33 Å². The van der Waals surface area contributed by atoms with E-state index >= 15 is 0 Å². The van der Waals surface area contributed by atoms with Gasteiger partial charge in [0, 0.05) is 25.0 Å². The van der Waals surface area contributed by atoms with Gasteiger partial charge in [-0.25, -0.2) is 0 Å². The van der Waals surface area contributed by atoms with E-state index in [-0.39, 0.29) is 11.8 Å². The third-order valence-corrected chi connectivity index (χ3v) is 5.69. The Morgan fingerprint density at radius 2 is 1.88 bits per heavy atom. The smallest absolute Gasteiger partial charge is 0.307 e. The van der Waals surface area contributed by atoms with E-state index in [2.05, 4.69) is 28.6 Å². The molecule has 7 heteroatoms. The fourth-order valence-corrected chi connectivity index (χ4v) is 4.06. The molecule has 2 fully saturated rings. The Kier molecular flexibility index (Phi) is 4.13. The molecule has 0 spiro atoms. The van der Waals surface area contributed by atoms with Crippen LogP contribution in [0.5, 0.6) is 0 Å². The molecule has 0 radical (unpaired) electrons. The lowest BCUT2D eigenvalue weighted by Gasteiger charge is -2.32. The summed E-state index contributed by atoms with van der Waals surface area (Å²) in [6, 6.07) is 0.318. The highest BCUT2D eigenvalue weighted by Crippen LogP contribution is 2.59. The maximum atomic E-state index is 12.7. The van der Waals surface area contributed by atoms with Crippen molar-refractivity contribution in [3.05, 3.63) is 12.2 Å². The van der Waals surface area contributed by atoms with Crippen molar-refractivity contribution < 1.29 is 14.7 Å². The first kappa shape index (κ1) is 16.9. The Morgan fingerprint density at radius 3 is 2.38 bits per heavy atom. The highest BCUT2D eigenvalue weighted by atomic mass is 16.4. The van der Waals surface area contributed by atoms with Crippen molar-refractivity contribution >= 4 is 11.9 Å². The number of hydrogen-bond donors (Lipinski definition) is 1. The molecule has 1 N–H and O–H groups in total. The van der Waals surface area contributed by atoms with Crippen molar-refractivity contribution in [3.63, 3.8) is 0 Å². The average molecular weight is 334 g/mol. The Bertz CT molecular complexity index is 644. The molecule has 132 valence electrons. The zero-order chi connectivity index (χ0) is 17.6. The van der Waals surface area contributed by atoms with Crippen molar-refractivity contribution in [2.24, 2.45) is 17.3 Å². The van der Waals surface area contributed by atoms with Crippen LogP contribution in [0.25, 0.3) is 0 Å². The van der Waals surface area contributed by atoms with Crippen LogP contribution in [-0.4, -0.2) is 49.7 Å². The molecule has 0 unspecified atom stereocenters. The number of aromatic nitrogens is 3. The molecule has 1 aromatic rings. The minimum Gasteiger partial charge on any atom is -0.481 e. The van der Waals surface area contributed by atoms with Gasteiger partial charge in [0.25, 0.3) is 0 Å². The number of aliphatic carboxylic acids is 1. The maximum Gasteiger partial charge on any atom is 0.307 e. The van der Waals surface area contributed by atoms with Gasteiger partial charge in [-0.15, -0.1) is 10.2 Å². The van der Waals surface area contributed by atoms with Crippen LogP contribution in [0.3, 0.4) is 0 Å². The number of carbonyl (C=O) groups excluding carboxylic acids is 1. The normalized spacial score (nSPS) is 26.6. The summed E-state index contributed by atoms with van der Waals surface area (Å²) < 4.78 is 2.09. The number of carbonyl (C=O) groups is 2.